The minimum Gasteiger partial charge on any atom is -0.480 e. The molecule has 0 aromatic rings. The lowest BCUT2D eigenvalue weighted by atomic mass is 10.2. The van der Waals surface area contributed by atoms with E-state index in [-0.39, 0.29) is 13.0 Å². The first-order chi connectivity index (χ1) is 12.7. The largest absolute Gasteiger partial charge is 0.480 e. The average Bonchev–Trinajstić information content (AvgIpc) is 2.60. The molecule has 0 aliphatic carbocycles. The van der Waals surface area contributed by atoms with Gasteiger partial charge in [0.05, 0.1) is 6.54 Å². The number of carbonyl (C=O) groups excluding carboxylic acids is 4. The molecule has 0 aliphatic rings. The molecule has 150 valence electrons. The number of aliphatic carboxylic acids is 1. The maximum Gasteiger partial charge on any atom is 0.322 e. The van der Waals surface area contributed by atoms with Gasteiger partial charge in [0.1, 0.15) is 18.6 Å². The quantitative estimate of drug-likeness (QED) is 0.116. The second kappa shape index (κ2) is 12.9. The van der Waals surface area contributed by atoms with Gasteiger partial charge in [-0.1, -0.05) is 5.11 Å². The number of carbonyl (C=O) groups is 5. The second-order valence-electron chi connectivity index (χ2n) is 5.47. The summed E-state index contributed by atoms with van der Waals surface area (Å²) in [5.74, 6) is -3.56. The van der Waals surface area contributed by atoms with Crippen LogP contribution in [0.15, 0.2) is 5.11 Å². The van der Waals surface area contributed by atoms with Crippen LogP contribution in [0.1, 0.15) is 26.7 Å². The van der Waals surface area contributed by atoms with Crippen molar-refractivity contribution in [3.63, 3.8) is 0 Å². The van der Waals surface area contributed by atoms with Crippen molar-refractivity contribution < 1.29 is 29.1 Å². The van der Waals surface area contributed by atoms with E-state index in [4.69, 9.17) is 10.6 Å². The van der Waals surface area contributed by atoms with Crippen molar-refractivity contribution in [3.8, 4) is 0 Å². The van der Waals surface area contributed by atoms with Crippen LogP contribution in [0.4, 0.5) is 0 Å². The molecule has 0 saturated carbocycles. The maximum atomic E-state index is 11.8. The Morgan fingerprint density at radius 1 is 0.963 bits per heavy atom. The van der Waals surface area contributed by atoms with Gasteiger partial charge in [0, 0.05) is 17.9 Å². The van der Waals surface area contributed by atoms with Gasteiger partial charge in [-0.15, -0.1) is 0 Å². The van der Waals surface area contributed by atoms with Gasteiger partial charge in [-0.3, -0.25) is 24.0 Å². The van der Waals surface area contributed by atoms with Crippen molar-refractivity contribution in [2.45, 2.75) is 38.8 Å². The minimum atomic E-state index is -1.22. The van der Waals surface area contributed by atoms with E-state index in [0.717, 1.165) is 0 Å². The highest BCUT2D eigenvalue weighted by molar-refractivity contribution is 5.92. The highest BCUT2D eigenvalue weighted by Crippen LogP contribution is 1.92. The summed E-state index contributed by atoms with van der Waals surface area (Å²) in [4.78, 5) is 59.6. The summed E-state index contributed by atoms with van der Waals surface area (Å²) in [6.45, 7) is 1.96. The highest BCUT2D eigenvalue weighted by atomic mass is 16.4. The van der Waals surface area contributed by atoms with E-state index in [0.29, 0.717) is 6.42 Å². The number of hydrogen-bond acceptors (Lipinski definition) is 6. The Kier molecular flexibility index (Phi) is 11.3. The number of rotatable bonds is 12. The predicted octanol–water partition coefficient (Wildman–Crippen LogP) is -1.60. The Hall–Kier alpha value is -3.34. The molecule has 27 heavy (non-hydrogen) atoms. The fourth-order valence-corrected chi connectivity index (χ4v) is 1.73. The van der Waals surface area contributed by atoms with Crippen molar-refractivity contribution in [1.82, 2.24) is 21.3 Å². The third-order valence-electron chi connectivity index (χ3n) is 3.10. The molecule has 5 N–H and O–H groups in total. The number of nitrogens with one attached hydrogen (secondary N) is 4. The first kappa shape index (κ1) is 23.7. The van der Waals surface area contributed by atoms with E-state index in [9.17, 15) is 24.0 Å². The Balaban J connectivity index is 4.15. The molecule has 0 bridgehead atoms. The summed E-state index contributed by atoms with van der Waals surface area (Å²) in [6.07, 6.45) is 0.425. The fraction of sp³-hybridized carbons (Fsp3) is 0.643. The fourth-order valence-electron chi connectivity index (χ4n) is 1.73. The molecule has 0 radical (unpaired) electrons. The van der Waals surface area contributed by atoms with E-state index in [1.165, 1.54) is 13.8 Å². The summed E-state index contributed by atoms with van der Waals surface area (Å²) in [5, 5.41) is 20.9. The normalized spacial score (nSPS) is 11.9. The van der Waals surface area contributed by atoms with E-state index >= 15 is 0 Å². The van der Waals surface area contributed by atoms with Gasteiger partial charge in [-0.05, 0) is 25.8 Å². The molecule has 0 rings (SSSR count). The van der Waals surface area contributed by atoms with Crippen LogP contribution in [0.25, 0.3) is 10.4 Å². The molecular weight excluding hydrogens is 362 g/mol. The van der Waals surface area contributed by atoms with Gasteiger partial charge >= 0.3 is 5.97 Å². The Bertz CT molecular complexity index is 617. The molecule has 0 aromatic carbocycles. The molecule has 2 atom stereocenters. The van der Waals surface area contributed by atoms with Crippen molar-refractivity contribution in [2.75, 3.05) is 19.6 Å². The number of hydrogen-bond donors (Lipinski definition) is 5. The lowest BCUT2D eigenvalue weighted by Gasteiger charge is -2.16. The summed E-state index contributed by atoms with van der Waals surface area (Å²) >= 11 is 0. The van der Waals surface area contributed by atoms with E-state index in [2.05, 4.69) is 31.3 Å². The van der Waals surface area contributed by atoms with Gasteiger partial charge in [0.2, 0.25) is 23.6 Å². The van der Waals surface area contributed by atoms with Crippen molar-refractivity contribution in [2.24, 2.45) is 5.11 Å². The number of carboxylic acid groups (broad SMARTS) is 1. The molecule has 0 saturated heterocycles. The lowest BCUT2D eigenvalue weighted by molar-refractivity contribution is -0.138. The first-order valence-corrected chi connectivity index (χ1v) is 8.04. The van der Waals surface area contributed by atoms with Gasteiger partial charge in [0.15, 0.2) is 0 Å². The van der Waals surface area contributed by atoms with Crippen LogP contribution in [-0.4, -0.2) is 66.4 Å². The first-order valence-electron chi connectivity index (χ1n) is 8.04. The topological polar surface area (TPSA) is 202 Å². The third-order valence-corrected chi connectivity index (χ3v) is 3.10. The molecule has 13 heteroatoms. The predicted molar refractivity (Wildman–Crippen MR) is 92.1 cm³/mol. The zero-order valence-electron chi connectivity index (χ0n) is 15.0. The number of carboxylic acids is 1. The van der Waals surface area contributed by atoms with Crippen molar-refractivity contribution >= 4 is 29.6 Å². The zero-order valence-corrected chi connectivity index (χ0v) is 15.0. The molecule has 0 spiro atoms. The van der Waals surface area contributed by atoms with Gasteiger partial charge in [-0.25, -0.2) is 0 Å². The molecular formula is C14H23N7O6. The molecule has 0 aliphatic heterocycles. The molecule has 0 aromatic heterocycles. The lowest BCUT2D eigenvalue weighted by Crippen LogP contribution is -2.51. The molecule has 0 unspecified atom stereocenters. The Morgan fingerprint density at radius 2 is 1.48 bits per heavy atom. The van der Waals surface area contributed by atoms with Crippen LogP contribution in [0, 0.1) is 0 Å². The molecule has 0 fully saturated rings. The summed E-state index contributed by atoms with van der Waals surface area (Å²) < 4.78 is 0. The summed E-state index contributed by atoms with van der Waals surface area (Å²) in [6, 6.07) is -1.87. The Labute approximate surface area is 154 Å². The maximum absolute atomic E-state index is 11.8. The van der Waals surface area contributed by atoms with E-state index < -0.39 is 54.8 Å². The van der Waals surface area contributed by atoms with Crippen LogP contribution in [-0.2, 0) is 24.0 Å². The second-order valence-corrected chi connectivity index (χ2v) is 5.47. The minimum absolute atomic E-state index is 0.0834. The number of amides is 4. The third kappa shape index (κ3) is 11.8. The van der Waals surface area contributed by atoms with Crippen LogP contribution >= 0.6 is 0 Å². The van der Waals surface area contributed by atoms with E-state index in [1.54, 1.807) is 0 Å². The average molecular weight is 385 g/mol. The van der Waals surface area contributed by atoms with Crippen molar-refractivity contribution in [3.05, 3.63) is 10.4 Å². The van der Waals surface area contributed by atoms with Crippen molar-refractivity contribution in [1.29, 1.82) is 0 Å². The Morgan fingerprint density at radius 3 is 2.00 bits per heavy atom. The monoisotopic (exact) mass is 385 g/mol. The number of nitrogens with zero attached hydrogens (tertiary/aromatic N) is 3. The molecule has 4 amide bonds. The number of azide groups is 1. The zero-order chi connectivity index (χ0) is 20.8. The summed E-state index contributed by atoms with van der Waals surface area (Å²) in [5.41, 5.74) is 8.11. The van der Waals surface area contributed by atoms with Crippen LogP contribution in [0.2, 0.25) is 0 Å². The van der Waals surface area contributed by atoms with Gasteiger partial charge in [-0.2, -0.15) is 0 Å². The van der Waals surface area contributed by atoms with E-state index in [1.807, 2.05) is 0 Å². The molecule has 13 nitrogen and oxygen atoms in total. The highest BCUT2D eigenvalue weighted by Gasteiger charge is 2.19. The summed E-state index contributed by atoms with van der Waals surface area (Å²) in [7, 11) is 0. The molecule has 0 heterocycles. The van der Waals surface area contributed by atoms with Gasteiger partial charge in [0.25, 0.3) is 0 Å². The SMILES string of the molecule is C[C@H](NC(=O)CCCN=[N+]=[N-])C(=O)NCC(=O)N[C@@H](C)C(=O)NCC(=O)O. The van der Waals surface area contributed by atoms with Crippen LogP contribution in [0.5, 0.6) is 0 Å². The van der Waals surface area contributed by atoms with Crippen LogP contribution in [0.3, 0.4) is 0 Å². The standard InChI is InChI=1S/C14H23N7O6/c1-8(19-10(22)4-3-5-18-21-15)13(26)16-6-11(23)20-9(2)14(27)17-7-12(24)25/h8-9H,3-7H2,1-2H3,(H,16,26)(H,17,27)(H,19,22)(H,20,23)(H,24,25)/t8-,9-/m0/s1. The van der Waals surface area contributed by atoms with Crippen LogP contribution < -0.4 is 21.3 Å². The smallest absolute Gasteiger partial charge is 0.322 e. The van der Waals surface area contributed by atoms with Gasteiger partial charge < -0.3 is 26.4 Å².